The maximum absolute atomic E-state index is 11.8. The van der Waals surface area contributed by atoms with E-state index in [-0.39, 0.29) is 17.5 Å². The summed E-state index contributed by atoms with van der Waals surface area (Å²) in [5.74, 6) is 2.00. The summed E-state index contributed by atoms with van der Waals surface area (Å²) in [5, 5.41) is 15.3. The van der Waals surface area contributed by atoms with Crippen LogP contribution in [0.15, 0.2) is 6.20 Å². The van der Waals surface area contributed by atoms with Gasteiger partial charge in [0.1, 0.15) is 9.84 Å². The van der Waals surface area contributed by atoms with Crippen LogP contribution in [0.1, 0.15) is 63.9 Å². The van der Waals surface area contributed by atoms with Crippen molar-refractivity contribution in [2.24, 2.45) is 0 Å². The molecule has 0 spiro atoms. The topological polar surface area (TPSA) is 113 Å². The second-order valence-corrected chi connectivity index (χ2v) is 11.7. The van der Waals surface area contributed by atoms with E-state index in [1.807, 2.05) is 10.7 Å². The molecule has 0 saturated carbocycles. The van der Waals surface area contributed by atoms with E-state index in [0.29, 0.717) is 48.8 Å². The average Bonchev–Trinajstić information content (AvgIpc) is 3.27. The lowest BCUT2D eigenvalue weighted by atomic mass is 10.0. The van der Waals surface area contributed by atoms with E-state index in [1.54, 1.807) is 0 Å². The van der Waals surface area contributed by atoms with Gasteiger partial charge in [-0.25, -0.2) is 8.42 Å². The molecule has 10 heteroatoms. The highest BCUT2D eigenvalue weighted by Crippen LogP contribution is 2.29. The van der Waals surface area contributed by atoms with Crippen molar-refractivity contribution in [2.75, 3.05) is 22.1 Å². The fourth-order valence-corrected chi connectivity index (χ4v) is 6.53. The van der Waals surface area contributed by atoms with Crippen molar-refractivity contribution in [3.63, 3.8) is 0 Å². The molecule has 3 N–H and O–H groups in total. The summed E-state index contributed by atoms with van der Waals surface area (Å²) < 4.78 is 25.3. The smallest absolute Gasteiger partial charge is 0.229 e. The third-order valence-electron chi connectivity index (χ3n) is 6.71. The van der Waals surface area contributed by atoms with Crippen molar-refractivity contribution in [1.82, 2.24) is 24.9 Å². The van der Waals surface area contributed by atoms with E-state index in [9.17, 15) is 8.42 Å². The third-order valence-corrected chi connectivity index (χ3v) is 8.43. The van der Waals surface area contributed by atoms with Crippen LogP contribution in [0.4, 0.5) is 11.9 Å². The number of nitrogens with one attached hydrogen (secondary N) is 3. The monoisotopic (exact) mass is 433 g/mol. The number of rotatable bonds is 5. The lowest BCUT2D eigenvalue weighted by Gasteiger charge is -2.30. The lowest BCUT2D eigenvalue weighted by molar-refractivity contribution is 0.376. The Morgan fingerprint density at radius 3 is 2.40 bits per heavy atom. The molecule has 3 aliphatic rings. The second-order valence-electron chi connectivity index (χ2n) is 9.38. The highest BCUT2D eigenvalue weighted by atomic mass is 32.2. The van der Waals surface area contributed by atoms with Crippen LogP contribution in [0.5, 0.6) is 0 Å². The highest BCUT2D eigenvalue weighted by molar-refractivity contribution is 7.91. The summed E-state index contributed by atoms with van der Waals surface area (Å²) in [6.45, 7) is 4.27. The number of sulfone groups is 1. The molecule has 2 bridgehead atoms. The quantitative estimate of drug-likeness (QED) is 0.656. The number of aromatic nitrogens is 4. The van der Waals surface area contributed by atoms with Gasteiger partial charge < -0.3 is 16.0 Å². The Balaban J connectivity index is 1.43. The Morgan fingerprint density at radius 1 is 1.03 bits per heavy atom. The summed E-state index contributed by atoms with van der Waals surface area (Å²) in [4.78, 5) is 9.53. The maximum Gasteiger partial charge on any atom is 0.229 e. The van der Waals surface area contributed by atoms with Crippen LogP contribution >= 0.6 is 0 Å². The Bertz CT molecular complexity index is 1010. The summed E-state index contributed by atoms with van der Waals surface area (Å²) in [7, 11) is -2.90. The van der Waals surface area contributed by atoms with Crippen molar-refractivity contribution < 1.29 is 8.42 Å². The van der Waals surface area contributed by atoms with Gasteiger partial charge in [0.25, 0.3) is 0 Å². The third kappa shape index (κ3) is 3.99. The number of fused-ring (bicyclic) bond motifs is 3. The summed E-state index contributed by atoms with van der Waals surface area (Å²) in [5.41, 5.74) is 1.89. The standard InChI is InChI=1S/C20H31N7O2S/c1-12(2)17-11-21-27-18(17)25-19(23-13-5-7-30(28,29)8-6-13)26-20(27)24-16-9-14-3-4-15(10-16)22-14/h11-16,22H,3-10H2,1-2H3,(H2,23,24,25,26). The van der Waals surface area contributed by atoms with Gasteiger partial charge >= 0.3 is 0 Å². The first kappa shape index (κ1) is 20.0. The number of anilines is 2. The zero-order valence-electron chi connectivity index (χ0n) is 17.6. The van der Waals surface area contributed by atoms with Crippen molar-refractivity contribution in [3.05, 3.63) is 11.8 Å². The lowest BCUT2D eigenvalue weighted by Crippen LogP contribution is -2.43. The molecule has 5 heterocycles. The van der Waals surface area contributed by atoms with Crippen molar-refractivity contribution >= 4 is 27.4 Å². The van der Waals surface area contributed by atoms with Gasteiger partial charge in [-0.1, -0.05) is 13.8 Å². The van der Waals surface area contributed by atoms with Crippen LogP contribution in [0.2, 0.25) is 0 Å². The molecule has 2 aromatic heterocycles. The first-order chi connectivity index (χ1) is 14.4. The molecule has 0 aliphatic carbocycles. The van der Waals surface area contributed by atoms with Crippen molar-refractivity contribution in [1.29, 1.82) is 0 Å². The van der Waals surface area contributed by atoms with Crippen LogP contribution < -0.4 is 16.0 Å². The summed E-state index contributed by atoms with van der Waals surface area (Å²) in [6.07, 6.45) is 7.73. The largest absolute Gasteiger partial charge is 0.351 e. The van der Waals surface area contributed by atoms with Crippen molar-refractivity contribution in [3.8, 4) is 0 Å². The average molecular weight is 434 g/mol. The fraction of sp³-hybridized carbons (Fsp3) is 0.750. The van der Waals surface area contributed by atoms with Gasteiger partial charge in [0.05, 0.1) is 17.7 Å². The van der Waals surface area contributed by atoms with Gasteiger partial charge in [0.2, 0.25) is 11.9 Å². The molecular weight excluding hydrogens is 402 g/mol. The SMILES string of the molecule is CC(C)c1cnn2c(NC3CC4CCC(C3)N4)nc(NC3CCS(=O)(=O)CC3)nc12. The maximum atomic E-state index is 11.8. The predicted molar refractivity (Wildman–Crippen MR) is 117 cm³/mol. The molecule has 5 rings (SSSR count). The van der Waals surface area contributed by atoms with E-state index in [0.717, 1.165) is 24.1 Å². The Kier molecular flexibility index (Phi) is 5.09. The van der Waals surface area contributed by atoms with E-state index in [2.05, 4.69) is 34.9 Å². The van der Waals surface area contributed by atoms with Gasteiger partial charge in [0.15, 0.2) is 5.65 Å². The number of nitrogens with zero attached hydrogens (tertiary/aromatic N) is 4. The molecule has 9 nitrogen and oxygen atoms in total. The molecule has 30 heavy (non-hydrogen) atoms. The van der Waals surface area contributed by atoms with E-state index in [4.69, 9.17) is 9.97 Å². The molecule has 0 radical (unpaired) electrons. The van der Waals surface area contributed by atoms with E-state index in [1.165, 1.54) is 12.8 Å². The Hall–Kier alpha value is -1.94. The zero-order chi connectivity index (χ0) is 20.9. The van der Waals surface area contributed by atoms with E-state index < -0.39 is 9.84 Å². The number of piperidine rings is 1. The van der Waals surface area contributed by atoms with Crippen molar-refractivity contribution in [2.45, 2.75) is 82.5 Å². The molecule has 3 fully saturated rings. The molecule has 164 valence electrons. The molecule has 0 aromatic carbocycles. The molecule has 2 aromatic rings. The Morgan fingerprint density at radius 2 is 1.73 bits per heavy atom. The van der Waals surface area contributed by atoms with Gasteiger partial charge in [-0.2, -0.15) is 19.6 Å². The minimum Gasteiger partial charge on any atom is -0.351 e. The molecule has 3 aliphatic heterocycles. The summed E-state index contributed by atoms with van der Waals surface area (Å²) >= 11 is 0. The minimum atomic E-state index is -2.90. The summed E-state index contributed by atoms with van der Waals surface area (Å²) in [6, 6.07) is 1.61. The van der Waals surface area contributed by atoms with Crippen LogP contribution in [-0.2, 0) is 9.84 Å². The second kappa shape index (κ2) is 7.64. The first-order valence-corrected chi connectivity index (χ1v) is 12.9. The van der Waals surface area contributed by atoms with Crippen LogP contribution in [0.25, 0.3) is 5.65 Å². The number of hydrogen-bond acceptors (Lipinski definition) is 8. The van der Waals surface area contributed by atoms with Crippen LogP contribution in [-0.4, -0.2) is 63.7 Å². The van der Waals surface area contributed by atoms with E-state index >= 15 is 0 Å². The predicted octanol–water partition coefficient (Wildman–Crippen LogP) is 1.93. The number of hydrogen-bond donors (Lipinski definition) is 3. The first-order valence-electron chi connectivity index (χ1n) is 11.1. The van der Waals surface area contributed by atoms with Crippen LogP contribution in [0, 0.1) is 0 Å². The molecule has 2 unspecified atom stereocenters. The highest BCUT2D eigenvalue weighted by Gasteiger charge is 2.34. The minimum absolute atomic E-state index is 0.0731. The fourth-order valence-electron chi connectivity index (χ4n) is 5.03. The molecule has 0 amide bonds. The van der Waals surface area contributed by atoms with Crippen LogP contribution in [0.3, 0.4) is 0 Å². The Labute approximate surface area is 177 Å². The molecular formula is C20H31N7O2S. The zero-order valence-corrected chi connectivity index (χ0v) is 18.5. The van der Waals surface area contributed by atoms with Gasteiger partial charge in [0, 0.05) is 29.7 Å². The van der Waals surface area contributed by atoms with Gasteiger partial charge in [-0.05, 0) is 44.4 Å². The normalized spacial score (nSPS) is 28.8. The molecule has 3 saturated heterocycles. The molecule has 2 atom stereocenters. The van der Waals surface area contributed by atoms with Gasteiger partial charge in [-0.3, -0.25) is 0 Å². The van der Waals surface area contributed by atoms with Gasteiger partial charge in [-0.15, -0.1) is 0 Å².